The number of anilines is 2. The summed E-state index contributed by atoms with van der Waals surface area (Å²) in [5.74, 6) is -0.124. The molecule has 2 aromatic rings. The van der Waals surface area contributed by atoms with Crippen LogP contribution in [0, 0.1) is 6.92 Å². The van der Waals surface area contributed by atoms with E-state index in [1.54, 1.807) is 25.4 Å². The molecule has 108 valence electrons. The fourth-order valence-corrected chi connectivity index (χ4v) is 2.70. The quantitative estimate of drug-likeness (QED) is 0.905. The number of rotatable bonds is 3. The molecule has 1 aromatic heterocycles. The number of carbonyl (C=O) groups is 1. The topological polar surface area (TPSA) is 75.1 Å². The Hall–Kier alpha value is -2.43. The summed E-state index contributed by atoms with van der Waals surface area (Å²) in [4.78, 5) is 19.9. The molecule has 0 spiro atoms. The summed E-state index contributed by atoms with van der Waals surface area (Å²) < 4.78 is 0. The van der Waals surface area contributed by atoms with Crippen molar-refractivity contribution in [3.8, 4) is 0 Å². The van der Waals surface area contributed by atoms with Gasteiger partial charge in [-0.1, -0.05) is 6.07 Å². The molecule has 3 rings (SSSR count). The Bertz CT molecular complexity index is 698. The summed E-state index contributed by atoms with van der Waals surface area (Å²) in [5.41, 5.74) is 4.05. The molecule has 21 heavy (non-hydrogen) atoms. The molecular formula is C16H17N3O2. The highest BCUT2D eigenvalue weighted by Crippen LogP contribution is 2.27. The molecule has 0 amide bonds. The van der Waals surface area contributed by atoms with Crippen molar-refractivity contribution in [3.05, 3.63) is 46.9 Å². The first-order valence-electron chi connectivity index (χ1n) is 7.09. The first-order valence-corrected chi connectivity index (χ1v) is 7.09. The van der Waals surface area contributed by atoms with Crippen LogP contribution >= 0.6 is 0 Å². The molecule has 0 saturated carbocycles. The predicted octanol–water partition coefficient (Wildman–Crippen LogP) is 3.11. The van der Waals surface area contributed by atoms with Gasteiger partial charge < -0.3 is 10.4 Å². The fourth-order valence-electron chi connectivity index (χ4n) is 2.70. The smallest absolute Gasteiger partial charge is 0.336 e. The number of aryl methyl sites for hydroxylation is 2. The van der Waals surface area contributed by atoms with Crippen LogP contribution in [-0.2, 0) is 12.8 Å². The highest BCUT2D eigenvalue weighted by atomic mass is 16.4. The number of hydrogen-bond acceptors (Lipinski definition) is 4. The third-order valence-corrected chi connectivity index (χ3v) is 3.86. The number of nitrogens with zero attached hydrogens (tertiary/aromatic N) is 2. The molecule has 1 aliphatic carbocycles. The number of fused-ring (bicyclic) bond motifs is 1. The van der Waals surface area contributed by atoms with E-state index >= 15 is 0 Å². The zero-order valence-electron chi connectivity index (χ0n) is 11.9. The van der Waals surface area contributed by atoms with E-state index in [1.165, 1.54) is 0 Å². The minimum absolute atomic E-state index is 0.308. The van der Waals surface area contributed by atoms with E-state index in [1.807, 2.05) is 6.07 Å². The molecule has 0 aliphatic heterocycles. The molecule has 0 saturated heterocycles. The fraction of sp³-hybridized carbons (Fsp3) is 0.312. The van der Waals surface area contributed by atoms with Gasteiger partial charge in [-0.25, -0.2) is 14.8 Å². The second-order valence-corrected chi connectivity index (χ2v) is 5.31. The predicted molar refractivity (Wildman–Crippen MR) is 80.1 cm³/mol. The lowest BCUT2D eigenvalue weighted by Crippen LogP contribution is -2.10. The van der Waals surface area contributed by atoms with Crippen LogP contribution in [0.15, 0.2) is 24.5 Å². The van der Waals surface area contributed by atoms with Crippen LogP contribution in [-0.4, -0.2) is 21.0 Å². The van der Waals surface area contributed by atoms with Gasteiger partial charge in [-0.05, 0) is 50.3 Å². The number of benzene rings is 1. The van der Waals surface area contributed by atoms with Crippen molar-refractivity contribution < 1.29 is 9.90 Å². The van der Waals surface area contributed by atoms with E-state index in [-0.39, 0.29) is 0 Å². The molecule has 1 heterocycles. The van der Waals surface area contributed by atoms with E-state index in [9.17, 15) is 9.90 Å². The highest BCUT2D eigenvalue weighted by Gasteiger charge is 2.16. The van der Waals surface area contributed by atoms with E-state index < -0.39 is 5.97 Å². The van der Waals surface area contributed by atoms with Gasteiger partial charge in [0.1, 0.15) is 12.1 Å². The van der Waals surface area contributed by atoms with Crippen molar-refractivity contribution in [1.29, 1.82) is 0 Å². The standard InChI is InChI=1S/C16H17N3O2/c1-10-6-7-11(8-13(10)16(20)21)19-15-12-4-2-3-5-14(12)17-9-18-15/h6-9H,2-5H2,1H3,(H,20,21)(H,17,18,19). The molecule has 0 fully saturated rings. The number of aromatic carboxylic acids is 1. The molecule has 0 radical (unpaired) electrons. The van der Waals surface area contributed by atoms with Crippen LogP contribution in [0.3, 0.4) is 0 Å². The van der Waals surface area contributed by atoms with Crippen molar-refractivity contribution in [3.63, 3.8) is 0 Å². The van der Waals surface area contributed by atoms with Crippen molar-refractivity contribution in [2.45, 2.75) is 32.6 Å². The molecule has 2 N–H and O–H groups in total. The van der Waals surface area contributed by atoms with Crippen LogP contribution in [0.4, 0.5) is 11.5 Å². The second kappa shape index (κ2) is 5.52. The Kier molecular flexibility index (Phi) is 3.56. The molecular weight excluding hydrogens is 266 g/mol. The summed E-state index contributed by atoms with van der Waals surface area (Å²) in [5, 5.41) is 12.4. The lowest BCUT2D eigenvalue weighted by Gasteiger charge is -2.18. The first-order chi connectivity index (χ1) is 10.1. The van der Waals surface area contributed by atoms with Crippen molar-refractivity contribution >= 4 is 17.5 Å². The van der Waals surface area contributed by atoms with E-state index in [2.05, 4.69) is 15.3 Å². The first kappa shape index (κ1) is 13.5. The van der Waals surface area contributed by atoms with Gasteiger partial charge in [0.15, 0.2) is 0 Å². The number of nitrogens with one attached hydrogen (secondary N) is 1. The number of aromatic nitrogens is 2. The van der Waals surface area contributed by atoms with Gasteiger partial charge in [0.25, 0.3) is 0 Å². The molecule has 0 bridgehead atoms. The van der Waals surface area contributed by atoms with Crippen LogP contribution in [0.25, 0.3) is 0 Å². The van der Waals surface area contributed by atoms with Crippen LogP contribution in [0.1, 0.15) is 40.0 Å². The highest BCUT2D eigenvalue weighted by molar-refractivity contribution is 5.90. The number of hydrogen-bond donors (Lipinski definition) is 2. The maximum absolute atomic E-state index is 11.2. The van der Waals surface area contributed by atoms with Crippen LogP contribution in [0.5, 0.6) is 0 Å². The maximum Gasteiger partial charge on any atom is 0.336 e. The summed E-state index contributed by atoms with van der Waals surface area (Å²) in [6, 6.07) is 5.33. The largest absolute Gasteiger partial charge is 0.478 e. The van der Waals surface area contributed by atoms with Gasteiger partial charge in [0.05, 0.1) is 5.56 Å². The molecule has 0 atom stereocenters. The van der Waals surface area contributed by atoms with Crippen molar-refractivity contribution in [2.75, 3.05) is 5.32 Å². The average Bonchev–Trinajstić information content (AvgIpc) is 2.49. The van der Waals surface area contributed by atoms with Gasteiger partial charge in [-0.3, -0.25) is 0 Å². The number of carboxylic acids is 1. The Labute approximate surface area is 123 Å². The van der Waals surface area contributed by atoms with E-state index in [0.29, 0.717) is 5.56 Å². The van der Waals surface area contributed by atoms with E-state index in [4.69, 9.17) is 0 Å². The normalized spacial score (nSPS) is 13.6. The van der Waals surface area contributed by atoms with Gasteiger partial charge in [0, 0.05) is 16.9 Å². The van der Waals surface area contributed by atoms with Gasteiger partial charge in [-0.15, -0.1) is 0 Å². The molecule has 1 aromatic carbocycles. The minimum atomic E-state index is -0.916. The zero-order valence-corrected chi connectivity index (χ0v) is 11.9. The third-order valence-electron chi connectivity index (χ3n) is 3.86. The average molecular weight is 283 g/mol. The van der Waals surface area contributed by atoms with Crippen molar-refractivity contribution in [1.82, 2.24) is 9.97 Å². The van der Waals surface area contributed by atoms with Gasteiger partial charge >= 0.3 is 5.97 Å². The number of carboxylic acid groups (broad SMARTS) is 1. The molecule has 5 nitrogen and oxygen atoms in total. The Morgan fingerprint density at radius 2 is 2.05 bits per heavy atom. The summed E-state index contributed by atoms with van der Waals surface area (Å²) >= 11 is 0. The zero-order chi connectivity index (χ0) is 14.8. The Morgan fingerprint density at radius 3 is 2.86 bits per heavy atom. The van der Waals surface area contributed by atoms with Crippen molar-refractivity contribution in [2.24, 2.45) is 0 Å². The lowest BCUT2D eigenvalue weighted by atomic mass is 9.96. The lowest BCUT2D eigenvalue weighted by molar-refractivity contribution is 0.0696. The molecule has 0 unspecified atom stereocenters. The molecule has 1 aliphatic rings. The minimum Gasteiger partial charge on any atom is -0.478 e. The van der Waals surface area contributed by atoms with Gasteiger partial charge in [0.2, 0.25) is 0 Å². The SMILES string of the molecule is Cc1ccc(Nc2ncnc3c2CCCC3)cc1C(=O)O. The monoisotopic (exact) mass is 283 g/mol. The van der Waals surface area contributed by atoms with Crippen LogP contribution < -0.4 is 5.32 Å². The molecule has 5 heteroatoms. The third kappa shape index (κ3) is 2.72. The second-order valence-electron chi connectivity index (χ2n) is 5.31. The summed E-state index contributed by atoms with van der Waals surface area (Å²) in [6.07, 6.45) is 5.83. The van der Waals surface area contributed by atoms with E-state index in [0.717, 1.165) is 54.0 Å². The van der Waals surface area contributed by atoms with Crippen LogP contribution in [0.2, 0.25) is 0 Å². The summed E-state index contributed by atoms with van der Waals surface area (Å²) in [7, 11) is 0. The summed E-state index contributed by atoms with van der Waals surface area (Å²) in [6.45, 7) is 1.79. The van der Waals surface area contributed by atoms with Gasteiger partial charge in [-0.2, -0.15) is 0 Å². The Balaban J connectivity index is 1.94. The Morgan fingerprint density at radius 1 is 1.24 bits per heavy atom. The maximum atomic E-state index is 11.2.